The van der Waals surface area contributed by atoms with Crippen LogP contribution in [-0.2, 0) is 0 Å². The molecule has 0 amide bonds. The lowest BCUT2D eigenvalue weighted by molar-refractivity contribution is 1.54. The standard InChI is InChI=1S/C22H16/c1-13-7-8-15-9-10-18-14(2)17-5-3-4-6-19(17)20-12-11-16(13)21(15)22(18)20/h3-12H,1-2H3. The fourth-order valence-electron chi connectivity index (χ4n) is 4.02. The molecule has 0 heterocycles. The summed E-state index contributed by atoms with van der Waals surface area (Å²) < 4.78 is 0. The quantitative estimate of drug-likeness (QED) is 0.229. The van der Waals surface area contributed by atoms with Gasteiger partial charge in [-0.2, -0.15) is 0 Å². The van der Waals surface area contributed by atoms with Crippen LogP contribution in [0.25, 0.3) is 43.1 Å². The van der Waals surface area contributed by atoms with E-state index in [9.17, 15) is 0 Å². The molecule has 0 unspecified atom stereocenters. The van der Waals surface area contributed by atoms with Crippen LogP contribution in [0, 0.1) is 13.8 Å². The monoisotopic (exact) mass is 280 g/mol. The summed E-state index contributed by atoms with van der Waals surface area (Å²) in [6.45, 7) is 4.46. The van der Waals surface area contributed by atoms with Crippen LogP contribution >= 0.6 is 0 Å². The minimum Gasteiger partial charge on any atom is -0.0616 e. The van der Waals surface area contributed by atoms with Crippen molar-refractivity contribution in [2.75, 3.05) is 0 Å². The number of hydrogen-bond donors (Lipinski definition) is 0. The Labute approximate surface area is 129 Å². The third-order valence-electron chi connectivity index (χ3n) is 5.16. The predicted octanol–water partition coefficient (Wildman–Crippen LogP) is 6.35. The maximum atomic E-state index is 2.30. The average molecular weight is 280 g/mol. The lowest BCUT2D eigenvalue weighted by Gasteiger charge is -2.16. The first-order valence-corrected chi connectivity index (χ1v) is 7.81. The lowest BCUT2D eigenvalue weighted by Crippen LogP contribution is -1.90. The van der Waals surface area contributed by atoms with Gasteiger partial charge in [0.15, 0.2) is 0 Å². The summed E-state index contributed by atoms with van der Waals surface area (Å²) in [5, 5.41) is 11.1. The summed E-state index contributed by atoms with van der Waals surface area (Å²) in [4.78, 5) is 0. The summed E-state index contributed by atoms with van der Waals surface area (Å²) >= 11 is 0. The van der Waals surface area contributed by atoms with Gasteiger partial charge in [0.05, 0.1) is 0 Å². The largest absolute Gasteiger partial charge is 0.0616 e. The highest BCUT2D eigenvalue weighted by Gasteiger charge is 2.14. The van der Waals surface area contributed by atoms with Gasteiger partial charge in [-0.1, -0.05) is 60.7 Å². The van der Waals surface area contributed by atoms with Gasteiger partial charge >= 0.3 is 0 Å². The second kappa shape index (κ2) is 3.98. The van der Waals surface area contributed by atoms with E-state index in [2.05, 4.69) is 74.5 Å². The normalized spacial score (nSPS) is 12.1. The molecule has 22 heavy (non-hydrogen) atoms. The van der Waals surface area contributed by atoms with Crippen LogP contribution in [0.5, 0.6) is 0 Å². The van der Waals surface area contributed by atoms with E-state index in [1.54, 1.807) is 0 Å². The van der Waals surface area contributed by atoms with Gasteiger partial charge in [-0.15, -0.1) is 0 Å². The summed E-state index contributed by atoms with van der Waals surface area (Å²) in [5.41, 5.74) is 2.74. The van der Waals surface area contributed by atoms with Crippen molar-refractivity contribution in [3.05, 3.63) is 71.8 Å². The highest BCUT2D eigenvalue weighted by molar-refractivity contribution is 6.30. The van der Waals surface area contributed by atoms with Crippen LogP contribution in [0.15, 0.2) is 60.7 Å². The summed E-state index contributed by atoms with van der Waals surface area (Å²) in [6, 6.07) is 22.4. The van der Waals surface area contributed by atoms with E-state index in [0.717, 1.165) is 0 Å². The molecule has 0 aliphatic rings. The maximum Gasteiger partial charge on any atom is -0.00176 e. The SMILES string of the molecule is Cc1ccc2ccc3c(C)c4ccccc4c4ccc1c2c34. The van der Waals surface area contributed by atoms with Crippen LogP contribution in [0.3, 0.4) is 0 Å². The Bertz CT molecular complexity index is 1180. The van der Waals surface area contributed by atoms with Crippen LogP contribution in [0.2, 0.25) is 0 Å². The maximum absolute atomic E-state index is 2.30. The Morgan fingerprint density at radius 1 is 0.500 bits per heavy atom. The molecule has 0 fully saturated rings. The minimum atomic E-state index is 1.34. The predicted molar refractivity (Wildman–Crippen MR) is 97.1 cm³/mol. The molecule has 0 aliphatic heterocycles. The van der Waals surface area contributed by atoms with E-state index < -0.39 is 0 Å². The Morgan fingerprint density at radius 3 is 2.05 bits per heavy atom. The average Bonchev–Trinajstić information content (AvgIpc) is 2.57. The first-order valence-electron chi connectivity index (χ1n) is 7.81. The molecule has 104 valence electrons. The molecule has 0 aliphatic carbocycles. The van der Waals surface area contributed by atoms with E-state index in [1.807, 2.05) is 0 Å². The second-order valence-electron chi connectivity index (χ2n) is 6.30. The molecule has 0 nitrogen and oxygen atoms in total. The Balaban J connectivity index is 2.24. The minimum absolute atomic E-state index is 1.34. The molecule has 5 aromatic rings. The molecule has 0 saturated heterocycles. The first-order chi connectivity index (χ1) is 10.8. The van der Waals surface area contributed by atoms with Gasteiger partial charge in [-0.05, 0) is 68.1 Å². The number of benzene rings is 5. The third-order valence-corrected chi connectivity index (χ3v) is 5.16. The van der Waals surface area contributed by atoms with Crippen molar-refractivity contribution in [3.63, 3.8) is 0 Å². The Kier molecular flexibility index (Phi) is 2.17. The van der Waals surface area contributed by atoms with Crippen molar-refractivity contribution in [1.82, 2.24) is 0 Å². The van der Waals surface area contributed by atoms with Crippen LogP contribution in [0.1, 0.15) is 11.1 Å². The topological polar surface area (TPSA) is 0 Å². The molecule has 0 saturated carbocycles. The van der Waals surface area contributed by atoms with E-state index in [0.29, 0.717) is 0 Å². The van der Waals surface area contributed by atoms with Gasteiger partial charge in [0, 0.05) is 0 Å². The van der Waals surface area contributed by atoms with E-state index in [4.69, 9.17) is 0 Å². The number of fused-ring (bicyclic) bond motifs is 2. The smallest absolute Gasteiger partial charge is 0.00176 e. The number of hydrogen-bond acceptors (Lipinski definition) is 0. The highest BCUT2D eigenvalue weighted by atomic mass is 14.2. The van der Waals surface area contributed by atoms with Crippen molar-refractivity contribution in [2.24, 2.45) is 0 Å². The van der Waals surface area contributed by atoms with Crippen LogP contribution in [0.4, 0.5) is 0 Å². The van der Waals surface area contributed by atoms with Gasteiger partial charge in [-0.25, -0.2) is 0 Å². The fourth-order valence-corrected chi connectivity index (χ4v) is 4.02. The van der Waals surface area contributed by atoms with Gasteiger partial charge in [0.25, 0.3) is 0 Å². The molecular weight excluding hydrogens is 264 g/mol. The number of rotatable bonds is 0. The molecule has 0 heteroatoms. The molecule has 0 aromatic heterocycles. The Hall–Kier alpha value is -2.60. The molecule has 5 aromatic carbocycles. The highest BCUT2D eigenvalue weighted by Crippen LogP contribution is 2.41. The molecule has 0 atom stereocenters. The molecule has 0 N–H and O–H groups in total. The van der Waals surface area contributed by atoms with E-state index >= 15 is 0 Å². The first kappa shape index (κ1) is 12.0. The second-order valence-corrected chi connectivity index (χ2v) is 6.30. The zero-order chi connectivity index (χ0) is 14.8. The molecule has 0 spiro atoms. The van der Waals surface area contributed by atoms with Crippen molar-refractivity contribution >= 4 is 43.1 Å². The zero-order valence-corrected chi connectivity index (χ0v) is 12.8. The summed E-state index contributed by atoms with van der Waals surface area (Å²) in [7, 11) is 0. The van der Waals surface area contributed by atoms with Gasteiger partial charge < -0.3 is 0 Å². The summed E-state index contributed by atoms with van der Waals surface area (Å²) in [6.07, 6.45) is 0. The van der Waals surface area contributed by atoms with Gasteiger partial charge in [0.2, 0.25) is 0 Å². The van der Waals surface area contributed by atoms with Crippen molar-refractivity contribution < 1.29 is 0 Å². The lowest BCUT2D eigenvalue weighted by atomic mass is 9.87. The van der Waals surface area contributed by atoms with Crippen molar-refractivity contribution in [1.29, 1.82) is 0 Å². The zero-order valence-electron chi connectivity index (χ0n) is 12.8. The molecule has 5 rings (SSSR count). The fraction of sp³-hybridized carbons (Fsp3) is 0.0909. The van der Waals surface area contributed by atoms with Gasteiger partial charge in [-0.3, -0.25) is 0 Å². The number of aryl methyl sites for hydroxylation is 2. The van der Waals surface area contributed by atoms with Crippen molar-refractivity contribution in [3.8, 4) is 0 Å². The molecule has 0 bridgehead atoms. The van der Waals surface area contributed by atoms with E-state index in [1.165, 1.54) is 54.2 Å². The van der Waals surface area contributed by atoms with Crippen LogP contribution < -0.4 is 0 Å². The van der Waals surface area contributed by atoms with Crippen molar-refractivity contribution in [2.45, 2.75) is 13.8 Å². The third kappa shape index (κ3) is 1.33. The molecular formula is C22H16. The van der Waals surface area contributed by atoms with Gasteiger partial charge in [0.1, 0.15) is 0 Å². The van der Waals surface area contributed by atoms with Crippen LogP contribution in [-0.4, -0.2) is 0 Å². The van der Waals surface area contributed by atoms with E-state index in [-0.39, 0.29) is 0 Å². The Morgan fingerprint density at radius 2 is 1.18 bits per heavy atom. The summed E-state index contributed by atoms with van der Waals surface area (Å²) in [5.74, 6) is 0. The molecule has 0 radical (unpaired) electrons.